The van der Waals surface area contributed by atoms with Crippen LogP contribution >= 0.6 is 11.6 Å². The maximum atomic E-state index is 11.3. The number of hydrogen-bond acceptors (Lipinski definition) is 7. The van der Waals surface area contributed by atoms with Gasteiger partial charge in [0.25, 0.3) is 0 Å². The fraction of sp³-hybridized carbons (Fsp3) is 0.412. The van der Waals surface area contributed by atoms with Crippen molar-refractivity contribution in [1.82, 2.24) is 9.97 Å². The molecule has 0 aliphatic carbocycles. The average Bonchev–Trinajstić information content (AvgIpc) is 2.59. The van der Waals surface area contributed by atoms with Gasteiger partial charge in [0, 0.05) is 12.2 Å². The number of hydrogen-bond donors (Lipinski definition) is 2. The van der Waals surface area contributed by atoms with Crippen LogP contribution in [0.15, 0.2) is 35.4 Å². The second kappa shape index (κ2) is 7.23. The monoisotopic (exact) mass is 411 g/mol. The molecule has 1 aliphatic heterocycles. The molecule has 3 rings (SSSR count). The van der Waals surface area contributed by atoms with E-state index in [-0.39, 0.29) is 16.5 Å². The lowest BCUT2D eigenvalue weighted by Crippen LogP contribution is -2.53. The first-order chi connectivity index (χ1) is 12.5. The molecule has 1 aromatic carbocycles. The van der Waals surface area contributed by atoms with Gasteiger partial charge < -0.3 is 15.0 Å². The van der Waals surface area contributed by atoms with Gasteiger partial charge in [0.05, 0.1) is 29.3 Å². The van der Waals surface area contributed by atoms with Gasteiger partial charge in [-0.1, -0.05) is 11.6 Å². The van der Waals surface area contributed by atoms with Crippen molar-refractivity contribution in [2.24, 2.45) is 5.14 Å². The van der Waals surface area contributed by atoms with Crippen LogP contribution in [-0.2, 0) is 14.8 Å². The quantitative estimate of drug-likeness (QED) is 0.795. The van der Waals surface area contributed by atoms with E-state index in [1.54, 1.807) is 18.3 Å². The number of rotatable bonds is 4. The Morgan fingerprint density at radius 2 is 2.00 bits per heavy atom. The van der Waals surface area contributed by atoms with Crippen LogP contribution in [-0.4, -0.2) is 43.2 Å². The Balaban J connectivity index is 1.85. The van der Waals surface area contributed by atoms with Crippen LogP contribution in [0.2, 0.25) is 5.02 Å². The van der Waals surface area contributed by atoms with Crippen molar-refractivity contribution in [3.63, 3.8) is 0 Å². The van der Waals surface area contributed by atoms with Crippen LogP contribution in [0.5, 0.6) is 0 Å². The van der Waals surface area contributed by atoms with Gasteiger partial charge in [-0.05, 0) is 45.0 Å². The topological polar surface area (TPSA) is 110 Å². The first-order valence-corrected chi connectivity index (χ1v) is 10.3. The summed E-state index contributed by atoms with van der Waals surface area (Å²) in [6.07, 6.45) is 1.54. The SMILES string of the molecule is C[C@H]1COC(C)(C)CN1c1nc(Nc2ccc(S(N)(=O)=O)cc2)ncc1Cl. The predicted octanol–water partition coefficient (Wildman–Crippen LogP) is 2.52. The number of anilines is 3. The number of halogens is 1. The van der Waals surface area contributed by atoms with Gasteiger partial charge in [-0.25, -0.2) is 18.5 Å². The fourth-order valence-corrected chi connectivity index (χ4v) is 3.52. The van der Waals surface area contributed by atoms with Crippen molar-refractivity contribution < 1.29 is 13.2 Å². The molecule has 0 bridgehead atoms. The number of nitrogens with zero attached hydrogens (tertiary/aromatic N) is 3. The van der Waals surface area contributed by atoms with Crippen molar-refractivity contribution in [2.45, 2.75) is 37.3 Å². The molecule has 0 saturated carbocycles. The summed E-state index contributed by atoms with van der Waals surface area (Å²) in [6.45, 7) is 7.31. The number of aromatic nitrogens is 2. The lowest BCUT2D eigenvalue weighted by Gasteiger charge is -2.43. The number of primary sulfonamides is 1. The Hall–Kier alpha value is -1.94. The summed E-state index contributed by atoms with van der Waals surface area (Å²) in [5.41, 5.74) is 0.323. The van der Waals surface area contributed by atoms with Gasteiger partial charge >= 0.3 is 0 Å². The molecule has 0 spiro atoms. The number of nitrogens with one attached hydrogen (secondary N) is 1. The van der Waals surface area contributed by atoms with Gasteiger partial charge in [-0.15, -0.1) is 0 Å². The molecule has 1 atom stereocenters. The highest BCUT2D eigenvalue weighted by Gasteiger charge is 2.33. The summed E-state index contributed by atoms with van der Waals surface area (Å²) in [6, 6.07) is 6.14. The molecule has 10 heteroatoms. The molecular formula is C17H22ClN5O3S. The minimum Gasteiger partial charge on any atom is -0.372 e. The van der Waals surface area contributed by atoms with Crippen LogP contribution in [0.1, 0.15) is 20.8 Å². The highest BCUT2D eigenvalue weighted by Crippen LogP contribution is 2.31. The summed E-state index contributed by atoms with van der Waals surface area (Å²) in [4.78, 5) is 10.9. The first kappa shape index (κ1) is 19.8. The molecular weight excluding hydrogens is 390 g/mol. The van der Waals surface area contributed by atoms with Gasteiger partial charge in [0.15, 0.2) is 5.82 Å². The van der Waals surface area contributed by atoms with E-state index >= 15 is 0 Å². The molecule has 2 aromatic rings. The van der Waals surface area contributed by atoms with E-state index in [1.807, 2.05) is 20.8 Å². The number of morpholine rings is 1. The van der Waals surface area contributed by atoms with E-state index in [0.717, 1.165) is 0 Å². The molecule has 1 aliphatic rings. The van der Waals surface area contributed by atoms with Crippen molar-refractivity contribution in [1.29, 1.82) is 0 Å². The highest BCUT2D eigenvalue weighted by atomic mass is 35.5. The van der Waals surface area contributed by atoms with E-state index in [4.69, 9.17) is 21.5 Å². The van der Waals surface area contributed by atoms with Gasteiger partial charge in [-0.3, -0.25) is 0 Å². The average molecular weight is 412 g/mol. The van der Waals surface area contributed by atoms with E-state index in [1.165, 1.54) is 12.1 Å². The fourth-order valence-electron chi connectivity index (χ4n) is 2.81. The molecule has 27 heavy (non-hydrogen) atoms. The van der Waals surface area contributed by atoms with Crippen molar-refractivity contribution in [3.05, 3.63) is 35.5 Å². The molecule has 1 saturated heterocycles. The third kappa shape index (κ3) is 4.67. The minimum absolute atomic E-state index is 0.0372. The van der Waals surface area contributed by atoms with Crippen LogP contribution < -0.4 is 15.4 Å². The predicted molar refractivity (Wildman–Crippen MR) is 105 cm³/mol. The van der Waals surface area contributed by atoms with Crippen LogP contribution in [0.25, 0.3) is 0 Å². The molecule has 0 radical (unpaired) electrons. The Morgan fingerprint density at radius 1 is 1.33 bits per heavy atom. The van der Waals surface area contributed by atoms with E-state index in [2.05, 4.69) is 20.2 Å². The summed E-state index contributed by atoms with van der Waals surface area (Å²) < 4.78 is 28.5. The van der Waals surface area contributed by atoms with Gasteiger partial charge in [0.1, 0.15) is 5.02 Å². The number of sulfonamides is 1. The molecule has 146 valence electrons. The largest absolute Gasteiger partial charge is 0.372 e. The van der Waals surface area contributed by atoms with Crippen LogP contribution in [0.3, 0.4) is 0 Å². The van der Waals surface area contributed by atoms with Crippen LogP contribution in [0.4, 0.5) is 17.5 Å². The van der Waals surface area contributed by atoms with E-state index < -0.39 is 10.0 Å². The molecule has 0 unspecified atom stereocenters. The zero-order valence-corrected chi connectivity index (χ0v) is 16.9. The maximum Gasteiger partial charge on any atom is 0.238 e. The lowest BCUT2D eigenvalue weighted by atomic mass is 10.1. The number of benzene rings is 1. The van der Waals surface area contributed by atoms with Crippen molar-refractivity contribution in [3.8, 4) is 0 Å². The molecule has 1 fully saturated rings. The number of nitrogens with two attached hydrogens (primary N) is 1. The standard InChI is InChI=1S/C17H22ClN5O3S/c1-11-9-26-17(2,3)10-23(11)15-14(18)8-20-16(22-15)21-12-4-6-13(7-5-12)27(19,24)25/h4-8,11H,9-10H2,1-3H3,(H2,19,24,25)(H,20,21,22)/t11-/m0/s1. The van der Waals surface area contributed by atoms with E-state index in [0.29, 0.717) is 35.6 Å². The summed E-state index contributed by atoms with van der Waals surface area (Å²) >= 11 is 6.35. The van der Waals surface area contributed by atoms with Crippen LogP contribution in [0, 0.1) is 0 Å². The normalized spacial score (nSPS) is 19.7. The second-order valence-corrected chi connectivity index (χ2v) is 9.08. The Kier molecular flexibility index (Phi) is 5.31. The molecule has 2 heterocycles. The number of ether oxygens (including phenoxy) is 1. The Bertz CT molecular complexity index is 934. The summed E-state index contributed by atoms with van der Waals surface area (Å²) in [5, 5.41) is 8.61. The summed E-state index contributed by atoms with van der Waals surface area (Å²) in [5.74, 6) is 0.980. The van der Waals surface area contributed by atoms with E-state index in [9.17, 15) is 8.42 Å². The maximum absolute atomic E-state index is 11.3. The molecule has 3 N–H and O–H groups in total. The van der Waals surface area contributed by atoms with Gasteiger partial charge in [-0.2, -0.15) is 4.98 Å². The zero-order chi connectivity index (χ0) is 19.8. The lowest BCUT2D eigenvalue weighted by molar-refractivity contribution is -0.0423. The smallest absolute Gasteiger partial charge is 0.238 e. The highest BCUT2D eigenvalue weighted by molar-refractivity contribution is 7.89. The summed E-state index contributed by atoms with van der Waals surface area (Å²) in [7, 11) is -3.73. The third-order valence-electron chi connectivity index (χ3n) is 4.24. The zero-order valence-electron chi connectivity index (χ0n) is 15.3. The third-order valence-corrected chi connectivity index (χ3v) is 5.43. The second-order valence-electron chi connectivity index (χ2n) is 7.11. The first-order valence-electron chi connectivity index (χ1n) is 8.38. The molecule has 1 aromatic heterocycles. The van der Waals surface area contributed by atoms with Crippen molar-refractivity contribution in [2.75, 3.05) is 23.4 Å². The Labute approximate surface area is 163 Å². The minimum atomic E-state index is -3.73. The Morgan fingerprint density at radius 3 is 2.63 bits per heavy atom. The molecule has 8 nitrogen and oxygen atoms in total. The van der Waals surface area contributed by atoms with Gasteiger partial charge in [0.2, 0.25) is 16.0 Å². The van der Waals surface area contributed by atoms with Crippen molar-refractivity contribution >= 4 is 39.1 Å². The molecule has 0 amide bonds.